The van der Waals surface area contributed by atoms with Crippen LogP contribution in [0.2, 0.25) is 0 Å². The Morgan fingerprint density at radius 3 is 1.88 bits per heavy atom. The summed E-state index contributed by atoms with van der Waals surface area (Å²) in [5.41, 5.74) is -0.217. The summed E-state index contributed by atoms with van der Waals surface area (Å²) in [6, 6.07) is 0. The minimum Gasteiger partial charge on any atom is -0.469 e. The zero-order valence-electron chi connectivity index (χ0n) is 19.6. The van der Waals surface area contributed by atoms with Gasteiger partial charge in [-0.15, -0.1) is 11.8 Å². The van der Waals surface area contributed by atoms with Crippen molar-refractivity contribution in [3.05, 3.63) is 0 Å². The Labute approximate surface area is 206 Å². The third-order valence-electron chi connectivity index (χ3n) is 4.53. The lowest BCUT2D eigenvalue weighted by Crippen LogP contribution is -2.40. The average molecular weight is 557 g/mol. The number of carbonyl (C=O) groups excluding carboxylic acids is 4. The number of carbonyl (C=O) groups is 4. The topological polar surface area (TPSA) is 124 Å². The molecule has 0 N–H and O–H groups in total. The van der Waals surface area contributed by atoms with Crippen LogP contribution in [0.1, 0.15) is 53.4 Å². The molecule has 2 heterocycles. The second-order valence-corrected chi connectivity index (χ2v) is 9.81. The minimum atomic E-state index is -0.377. The van der Waals surface area contributed by atoms with Gasteiger partial charge in [0.05, 0.1) is 19.3 Å². The highest BCUT2D eigenvalue weighted by Crippen LogP contribution is 2.33. The smallest absolute Gasteiger partial charge is 0.302 e. The zero-order valence-corrected chi connectivity index (χ0v) is 22.0. The van der Waals surface area contributed by atoms with Crippen LogP contribution in [0.25, 0.3) is 0 Å². The molecule has 0 saturated carbocycles. The normalized spacial score (nSPS) is 29.0. The molecule has 2 rings (SSSR count). The van der Waals surface area contributed by atoms with Gasteiger partial charge in [0.1, 0.15) is 29.3 Å². The van der Waals surface area contributed by atoms with E-state index >= 15 is 0 Å². The van der Waals surface area contributed by atoms with Gasteiger partial charge in [-0.25, -0.2) is 0 Å². The summed E-state index contributed by atoms with van der Waals surface area (Å²) < 4.78 is 31.7. The molecule has 5 unspecified atom stereocenters. The third kappa shape index (κ3) is 13.8. The third-order valence-corrected chi connectivity index (χ3v) is 6.36. The lowest BCUT2D eigenvalue weighted by molar-refractivity contribution is -0.162. The maximum Gasteiger partial charge on any atom is 0.302 e. The van der Waals surface area contributed by atoms with E-state index in [1.165, 1.54) is 34.8 Å². The van der Waals surface area contributed by atoms with Gasteiger partial charge < -0.3 is 28.4 Å². The van der Waals surface area contributed by atoms with Crippen molar-refractivity contribution in [3.8, 4) is 0 Å². The molecule has 0 amide bonds. The van der Waals surface area contributed by atoms with Crippen molar-refractivity contribution in [2.24, 2.45) is 0 Å². The van der Waals surface area contributed by atoms with Gasteiger partial charge in [0.15, 0.2) is 0 Å². The van der Waals surface area contributed by atoms with E-state index in [0.29, 0.717) is 31.4 Å². The molecule has 12 heteroatoms. The number of thioether (sulfide) groups is 1. The fourth-order valence-corrected chi connectivity index (χ4v) is 5.21. The SMILES string of the molecule is CC(=O)OCC1CC(OC(C)=O)CC(SCC2CC(OC(C)=O)C[C@@H](Br)O2)O1.COC(C)=O. The van der Waals surface area contributed by atoms with Gasteiger partial charge in [-0.3, -0.25) is 19.2 Å². The molecule has 33 heavy (non-hydrogen) atoms. The van der Waals surface area contributed by atoms with E-state index in [1.54, 1.807) is 11.8 Å². The highest BCUT2D eigenvalue weighted by atomic mass is 79.9. The van der Waals surface area contributed by atoms with Crippen LogP contribution in [-0.4, -0.2) is 78.2 Å². The maximum atomic E-state index is 11.3. The first-order chi connectivity index (χ1) is 15.5. The molecule has 0 spiro atoms. The van der Waals surface area contributed by atoms with E-state index in [1.807, 2.05) is 0 Å². The molecule has 2 aliphatic rings. The van der Waals surface area contributed by atoms with Crippen LogP contribution in [0.5, 0.6) is 0 Å². The fourth-order valence-electron chi connectivity index (χ4n) is 3.25. The van der Waals surface area contributed by atoms with Crippen LogP contribution in [0.4, 0.5) is 0 Å². The number of ether oxygens (including phenoxy) is 6. The lowest BCUT2D eigenvalue weighted by atomic mass is 10.1. The van der Waals surface area contributed by atoms with E-state index in [4.69, 9.17) is 23.7 Å². The van der Waals surface area contributed by atoms with E-state index in [2.05, 4.69) is 20.7 Å². The molecule has 190 valence electrons. The lowest BCUT2D eigenvalue weighted by Gasteiger charge is -2.36. The molecule has 2 saturated heterocycles. The molecular formula is C21H33BrO10S. The second-order valence-electron chi connectivity index (χ2n) is 7.59. The first-order valence-corrected chi connectivity index (χ1v) is 12.5. The summed E-state index contributed by atoms with van der Waals surface area (Å²) >= 11 is 5.00. The number of esters is 4. The Bertz CT molecular complexity index is 661. The minimum absolute atomic E-state index is 0.0999. The number of rotatable bonds is 7. The summed E-state index contributed by atoms with van der Waals surface area (Å²) in [7, 11) is 1.35. The summed E-state index contributed by atoms with van der Waals surface area (Å²) in [5, 5.41) is -0.172. The summed E-state index contributed by atoms with van der Waals surface area (Å²) in [4.78, 5) is 43.2. The average Bonchev–Trinajstić information content (AvgIpc) is 2.69. The van der Waals surface area contributed by atoms with Crippen LogP contribution in [-0.2, 0) is 47.6 Å². The molecule has 0 aromatic carbocycles. The maximum absolute atomic E-state index is 11.3. The monoisotopic (exact) mass is 556 g/mol. The van der Waals surface area contributed by atoms with Crippen molar-refractivity contribution in [1.82, 2.24) is 0 Å². The van der Waals surface area contributed by atoms with Gasteiger partial charge in [0, 0.05) is 59.1 Å². The van der Waals surface area contributed by atoms with Crippen LogP contribution in [0.3, 0.4) is 0 Å². The molecule has 0 radical (unpaired) electrons. The molecule has 0 aromatic heterocycles. The summed E-state index contributed by atoms with van der Waals surface area (Å²) in [6.07, 6.45) is 1.38. The number of hydrogen-bond donors (Lipinski definition) is 0. The molecule has 2 fully saturated rings. The van der Waals surface area contributed by atoms with E-state index < -0.39 is 0 Å². The van der Waals surface area contributed by atoms with E-state index in [0.717, 1.165) is 0 Å². The van der Waals surface area contributed by atoms with E-state index in [-0.39, 0.29) is 65.3 Å². The van der Waals surface area contributed by atoms with Crippen LogP contribution < -0.4 is 0 Å². The Hall–Kier alpha value is -1.37. The fraction of sp³-hybridized carbons (Fsp3) is 0.810. The Kier molecular flexibility index (Phi) is 13.9. The molecule has 0 bridgehead atoms. The molecule has 2 aliphatic heterocycles. The number of methoxy groups -OCH3 is 1. The van der Waals surface area contributed by atoms with Crippen LogP contribution >= 0.6 is 27.7 Å². The predicted octanol–water partition coefficient (Wildman–Crippen LogP) is 2.73. The highest BCUT2D eigenvalue weighted by molar-refractivity contribution is 9.09. The van der Waals surface area contributed by atoms with Gasteiger partial charge in [-0.2, -0.15) is 0 Å². The second kappa shape index (κ2) is 15.5. The quantitative estimate of drug-likeness (QED) is 0.261. The Balaban J connectivity index is 0.000000981. The number of hydrogen-bond acceptors (Lipinski definition) is 11. The summed E-state index contributed by atoms with van der Waals surface area (Å²) in [6.45, 7) is 5.61. The highest BCUT2D eigenvalue weighted by Gasteiger charge is 2.35. The van der Waals surface area contributed by atoms with Crippen molar-refractivity contribution in [1.29, 1.82) is 0 Å². The van der Waals surface area contributed by atoms with Gasteiger partial charge in [0.25, 0.3) is 0 Å². The van der Waals surface area contributed by atoms with E-state index in [9.17, 15) is 19.2 Å². The molecule has 10 nitrogen and oxygen atoms in total. The number of alkyl halides is 1. The van der Waals surface area contributed by atoms with Gasteiger partial charge >= 0.3 is 23.9 Å². The van der Waals surface area contributed by atoms with Crippen LogP contribution in [0, 0.1) is 0 Å². The Morgan fingerprint density at radius 1 is 0.818 bits per heavy atom. The summed E-state index contributed by atoms with van der Waals surface area (Å²) in [5.74, 6) is -0.629. The molecule has 6 atom stereocenters. The number of halogens is 1. The first-order valence-electron chi connectivity index (χ1n) is 10.6. The Morgan fingerprint density at radius 2 is 1.36 bits per heavy atom. The predicted molar refractivity (Wildman–Crippen MR) is 123 cm³/mol. The van der Waals surface area contributed by atoms with Crippen LogP contribution in [0.15, 0.2) is 0 Å². The zero-order chi connectivity index (χ0) is 25.0. The van der Waals surface area contributed by atoms with Crippen molar-refractivity contribution < 1.29 is 47.6 Å². The van der Waals surface area contributed by atoms with Gasteiger partial charge in [-0.1, -0.05) is 15.9 Å². The molecular weight excluding hydrogens is 524 g/mol. The first kappa shape index (κ1) is 29.7. The molecule has 0 aromatic rings. The standard InChI is InChI=1S/C18H27BrO8S.C3H6O2/c1-10(20)23-8-15-4-14(25-12(3)22)7-18(27-15)28-9-16-5-13(24-11(2)21)6-17(19)26-16;1-3(4)5-2/h13-18H,4-9H2,1-3H3;1-2H3/t13?,14?,15?,16?,17-,18?;/m0./s1. The van der Waals surface area contributed by atoms with Crippen molar-refractivity contribution in [3.63, 3.8) is 0 Å². The molecule has 0 aliphatic carbocycles. The largest absolute Gasteiger partial charge is 0.469 e. The van der Waals surface area contributed by atoms with Gasteiger partial charge in [-0.05, 0) is 0 Å². The van der Waals surface area contributed by atoms with Crippen molar-refractivity contribution >= 4 is 51.6 Å². The van der Waals surface area contributed by atoms with Crippen molar-refractivity contribution in [2.45, 2.75) is 88.2 Å². The van der Waals surface area contributed by atoms with Crippen molar-refractivity contribution in [2.75, 3.05) is 19.5 Å². The van der Waals surface area contributed by atoms with Gasteiger partial charge in [0.2, 0.25) is 0 Å².